The topological polar surface area (TPSA) is 46.2 Å². The van der Waals surface area contributed by atoms with Crippen LogP contribution in [0.2, 0.25) is 0 Å². The number of hydrogen-bond acceptors (Lipinski definition) is 2. The summed E-state index contributed by atoms with van der Waals surface area (Å²) in [5.74, 6) is 0.486. The van der Waals surface area contributed by atoms with E-state index in [2.05, 4.69) is 20.7 Å². The molecule has 0 bridgehead atoms. The molecule has 1 aromatic rings. The Kier molecular flexibility index (Phi) is 5.42. The second kappa shape index (κ2) is 6.86. The van der Waals surface area contributed by atoms with Gasteiger partial charge < -0.3 is 0 Å². The van der Waals surface area contributed by atoms with Crippen LogP contribution in [0.15, 0.2) is 33.6 Å². The molecule has 106 valence electrons. The fraction of sp³-hybridized carbons (Fsp3) is 0.571. The number of benzene rings is 1. The molecule has 19 heavy (non-hydrogen) atoms. The summed E-state index contributed by atoms with van der Waals surface area (Å²) in [4.78, 5) is 0.323. The molecule has 3 nitrogen and oxygen atoms in total. The molecule has 1 aliphatic carbocycles. The maximum Gasteiger partial charge on any atom is 0.241 e. The monoisotopic (exact) mass is 345 g/mol. The van der Waals surface area contributed by atoms with Crippen molar-refractivity contribution in [1.29, 1.82) is 0 Å². The van der Waals surface area contributed by atoms with Crippen LogP contribution in [0.3, 0.4) is 0 Å². The van der Waals surface area contributed by atoms with Crippen molar-refractivity contribution in [2.24, 2.45) is 5.92 Å². The Bertz CT molecular complexity index is 508. The van der Waals surface area contributed by atoms with E-state index in [1.807, 2.05) is 6.07 Å². The minimum Gasteiger partial charge on any atom is -0.211 e. The van der Waals surface area contributed by atoms with Crippen molar-refractivity contribution < 1.29 is 8.42 Å². The van der Waals surface area contributed by atoms with Crippen molar-refractivity contribution in [3.63, 3.8) is 0 Å². The lowest BCUT2D eigenvalue weighted by Gasteiger charge is -2.15. The van der Waals surface area contributed by atoms with E-state index in [4.69, 9.17) is 0 Å². The molecular formula is C14H20BrNO2S. The van der Waals surface area contributed by atoms with Crippen molar-refractivity contribution in [3.8, 4) is 0 Å². The molecule has 5 heteroatoms. The zero-order valence-corrected chi connectivity index (χ0v) is 13.3. The van der Waals surface area contributed by atoms with Crippen molar-refractivity contribution in [2.75, 3.05) is 6.54 Å². The van der Waals surface area contributed by atoms with Crippen LogP contribution in [0.1, 0.15) is 38.5 Å². The predicted octanol–water partition coefficient (Wildman–Crippen LogP) is 3.70. The van der Waals surface area contributed by atoms with Gasteiger partial charge in [0.25, 0.3) is 0 Å². The summed E-state index contributed by atoms with van der Waals surface area (Å²) in [5.41, 5.74) is 0. The van der Waals surface area contributed by atoms with Crippen LogP contribution in [0.25, 0.3) is 0 Å². The Hall–Kier alpha value is -0.390. The highest BCUT2D eigenvalue weighted by molar-refractivity contribution is 9.10. The number of nitrogens with one attached hydrogen (secondary N) is 1. The highest BCUT2D eigenvalue weighted by Crippen LogP contribution is 2.24. The Morgan fingerprint density at radius 2 is 1.74 bits per heavy atom. The molecule has 1 fully saturated rings. The molecule has 0 spiro atoms. The Morgan fingerprint density at radius 1 is 1.11 bits per heavy atom. The molecule has 1 N–H and O–H groups in total. The van der Waals surface area contributed by atoms with Crippen LogP contribution in [0, 0.1) is 5.92 Å². The van der Waals surface area contributed by atoms with E-state index in [-0.39, 0.29) is 0 Å². The molecule has 0 aliphatic heterocycles. The summed E-state index contributed by atoms with van der Waals surface area (Å²) in [5, 5.41) is 0. The summed E-state index contributed by atoms with van der Waals surface area (Å²) in [7, 11) is -3.40. The minimum absolute atomic E-state index is 0.323. The fourth-order valence-corrected chi connectivity index (χ4v) is 4.65. The number of sulfonamides is 1. The van der Waals surface area contributed by atoms with Gasteiger partial charge in [-0.3, -0.25) is 0 Å². The Labute approximate surface area is 124 Å². The van der Waals surface area contributed by atoms with Gasteiger partial charge in [0, 0.05) is 11.0 Å². The standard InChI is InChI=1S/C14H20BrNO2S/c15-13-9-5-6-10-14(13)19(17,18)16-11-12-7-3-1-2-4-8-12/h5-6,9-10,12,16H,1-4,7-8,11H2. The normalized spacial score (nSPS) is 18.2. The number of hydrogen-bond donors (Lipinski definition) is 1. The van der Waals surface area contributed by atoms with E-state index >= 15 is 0 Å². The van der Waals surface area contributed by atoms with E-state index in [9.17, 15) is 8.42 Å². The van der Waals surface area contributed by atoms with Crippen LogP contribution >= 0.6 is 15.9 Å². The predicted molar refractivity (Wildman–Crippen MR) is 80.5 cm³/mol. The average molecular weight is 346 g/mol. The fourth-order valence-electron chi connectivity index (χ4n) is 2.54. The van der Waals surface area contributed by atoms with E-state index in [1.54, 1.807) is 18.2 Å². The van der Waals surface area contributed by atoms with Crippen LogP contribution in [0.5, 0.6) is 0 Å². The molecule has 0 unspecified atom stereocenters. The first kappa shape index (κ1) is 15.0. The zero-order valence-electron chi connectivity index (χ0n) is 10.9. The Morgan fingerprint density at radius 3 is 2.37 bits per heavy atom. The highest BCUT2D eigenvalue weighted by atomic mass is 79.9. The first-order chi connectivity index (χ1) is 9.09. The SMILES string of the molecule is O=S(=O)(NCC1CCCCCC1)c1ccccc1Br. The van der Waals surface area contributed by atoms with Crippen LogP contribution in [-0.2, 0) is 10.0 Å². The molecular weight excluding hydrogens is 326 g/mol. The molecule has 0 radical (unpaired) electrons. The molecule has 0 amide bonds. The van der Waals surface area contributed by atoms with Gasteiger partial charge in [0.2, 0.25) is 10.0 Å². The summed E-state index contributed by atoms with van der Waals surface area (Å²) in [6.07, 6.45) is 7.29. The van der Waals surface area contributed by atoms with Crippen LogP contribution < -0.4 is 4.72 Å². The van der Waals surface area contributed by atoms with E-state index < -0.39 is 10.0 Å². The van der Waals surface area contributed by atoms with Gasteiger partial charge in [0.05, 0.1) is 4.90 Å². The van der Waals surface area contributed by atoms with Gasteiger partial charge in [0.15, 0.2) is 0 Å². The third-order valence-corrected chi connectivity index (χ3v) is 6.10. The quantitative estimate of drug-likeness (QED) is 0.845. The first-order valence-corrected chi connectivity index (χ1v) is 9.11. The van der Waals surface area contributed by atoms with Crippen LogP contribution in [-0.4, -0.2) is 15.0 Å². The molecule has 1 saturated carbocycles. The Balaban J connectivity index is 1.99. The van der Waals surface area contributed by atoms with E-state index in [0.29, 0.717) is 21.8 Å². The number of rotatable bonds is 4. The largest absolute Gasteiger partial charge is 0.241 e. The third-order valence-electron chi connectivity index (χ3n) is 3.66. The van der Waals surface area contributed by atoms with E-state index in [1.165, 1.54) is 25.7 Å². The summed E-state index contributed by atoms with van der Waals surface area (Å²) in [6.45, 7) is 0.559. The van der Waals surface area contributed by atoms with Gasteiger partial charge in [-0.15, -0.1) is 0 Å². The smallest absolute Gasteiger partial charge is 0.211 e. The van der Waals surface area contributed by atoms with Crippen molar-refractivity contribution in [2.45, 2.75) is 43.4 Å². The van der Waals surface area contributed by atoms with Gasteiger partial charge >= 0.3 is 0 Å². The molecule has 0 heterocycles. The van der Waals surface area contributed by atoms with E-state index in [0.717, 1.165) is 12.8 Å². The molecule has 0 saturated heterocycles. The maximum absolute atomic E-state index is 12.2. The average Bonchev–Trinajstić information content (AvgIpc) is 2.65. The molecule has 2 rings (SSSR count). The van der Waals surface area contributed by atoms with Gasteiger partial charge in [-0.2, -0.15) is 0 Å². The second-order valence-corrected chi connectivity index (χ2v) is 7.73. The lowest BCUT2D eigenvalue weighted by molar-refractivity contribution is 0.451. The second-order valence-electron chi connectivity index (χ2n) is 5.14. The molecule has 1 aliphatic rings. The van der Waals surface area contributed by atoms with Gasteiger partial charge in [-0.1, -0.05) is 37.8 Å². The number of halogens is 1. The molecule has 0 atom stereocenters. The summed E-state index contributed by atoms with van der Waals surface area (Å²) < 4.78 is 27.9. The molecule has 1 aromatic carbocycles. The summed E-state index contributed by atoms with van der Waals surface area (Å²) >= 11 is 3.29. The first-order valence-electron chi connectivity index (χ1n) is 6.84. The van der Waals surface area contributed by atoms with Crippen molar-refractivity contribution in [1.82, 2.24) is 4.72 Å². The van der Waals surface area contributed by atoms with Gasteiger partial charge in [-0.05, 0) is 46.8 Å². The summed E-state index contributed by atoms with van der Waals surface area (Å²) in [6, 6.07) is 6.93. The molecule has 0 aromatic heterocycles. The lowest BCUT2D eigenvalue weighted by atomic mass is 10.0. The lowest BCUT2D eigenvalue weighted by Crippen LogP contribution is -2.29. The highest BCUT2D eigenvalue weighted by Gasteiger charge is 2.19. The maximum atomic E-state index is 12.2. The van der Waals surface area contributed by atoms with Gasteiger partial charge in [0.1, 0.15) is 0 Å². The minimum atomic E-state index is -3.40. The van der Waals surface area contributed by atoms with Crippen LogP contribution in [0.4, 0.5) is 0 Å². The van der Waals surface area contributed by atoms with Crippen molar-refractivity contribution >= 4 is 26.0 Å². The van der Waals surface area contributed by atoms with Crippen molar-refractivity contribution in [3.05, 3.63) is 28.7 Å². The van der Waals surface area contributed by atoms with Gasteiger partial charge in [-0.25, -0.2) is 13.1 Å². The zero-order chi connectivity index (χ0) is 13.7. The third kappa shape index (κ3) is 4.29.